The van der Waals surface area contributed by atoms with Crippen LogP contribution in [-0.2, 0) is 4.79 Å². The molecule has 0 heterocycles. The van der Waals surface area contributed by atoms with Crippen molar-refractivity contribution in [2.75, 3.05) is 0 Å². The monoisotopic (exact) mass is 294 g/mol. The van der Waals surface area contributed by atoms with Crippen LogP contribution in [0.3, 0.4) is 0 Å². The van der Waals surface area contributed by atoms with E-state index in [-0.39, 0.29) is 10.9 Å². The fourth-order valence-electron chi connectivity index (χ4n) is 1.96. The molecule has 1 aliphatic rings. The van der Waals surface area contributed by atoms with Gasteiger partial charge in [-0.3, -0.25) is 4.79 Å². The Hall–Kier alpha value is -1.43. The van der Waals surface area contributed by atoms with Gasteiger partial charge in [-0.1, -0.05) is 17.7 Å². The predicted molar refractivity (Wildman–Crippen MR) is 61.2 cm³/mol. The van der Waals surface area contributed by atoms with Crippen molar-refractivity contribution >= 4 is 17.6 Å². The van der Waals surface area contributed by atoms with Gasteiger partial charge in [0.1, 0.15) is 5.75 Å². The van der Waals surface area contributed by atoms with Crippen LogP contribution in [0.5, 0.6) is 5.75 Å². The quantitative estimate of drug-likeness (QED) is 0.918. The third kappa shape index (κ3) is 3.53. The lowest BCUT2D eigenvalue weighted by atomic mass is 9.94. The molecule has 0 saturated heterocycles. The number of aliphatic carboxylic acids is 1. The lowest BCUT2D eigenvalue weighted by molar-refractivity contribution is -0.274. The molecule has 0 aliphatic heterocycles. The van der Waals surface area contributed by atoms with Crippen molar-refractivity contribution in [3.8, 4) is 5.75 Å². The van der Waals surface area contributed by atoms with Gasteiger partial charge in [-0.25, -0.2) is 0 Å². The number of carboxylic acids is 1. The Balaban J connectivity index is 2.25. The molecule has 104 valence electrons. The van der Waals surface area contributed by atoms with E-state index in [4.69, 9.17) is 16.7 Å². The molecule has 0 bridgehead atoms. The van der Waals surface area contributed by atoms with E-state index in [2.05, 4.69) is 4.74 Å². The van der Waals surface area contributed by atoms with Gasteiger partial charge in [0.15, 0.2) is 0 Å². The van der Waals surface area contributed by atoms with E-state index >= 15 is 0 Å². The third-order valence-corrected chi connectivity index (χ3v) is 3.20. The lowest BCUT2D eigenvalue weighted by Gasteiger charge is -2.15. The highest BCUT2D eigenvalue weighted by Gasteiger charge is 2.38. The molecule has 1 unspecified atom stereocenters. The topological polar surface area (TPSA) is 46.5 Å². The van der Waals surface area contributed by atoms with E-state index in [1.165, 1.54) is 12.1 Å². The van der Waals surface area contributed by atoms with Crippen LogP contribution < -0.4 is 4.74 Å². The maximum Gasteiger partial charge on any atom is 0.573 e. The third-order valence-electron chi connectivity index (χ3n) is 2.90. The first-order valence-electron chi connectivity index (χ1n) is 5.56. The van der Waals surface area contributed by atoms with Crippen molar-refractivity contribution in [3.63, 3.8) is 0 Å². The molecule has 2 rings (SSSR count). The van der Waals surface area contributed by atoms with Gasteiger partial charge in [0.05, 0.1) is 10.9 Å². The molecule has 1 saturated carbocycles. The van der Waals surface area contributed by atoms with Crippen LogP contribution in [0.4, 0.5) is 13.2 Å². The molecule has 1 aliphatic carbocycles. The van der Waals surface area contributed by atoms with Crippen LogP contribution in [0.25, 0.3) is 0 Å². The van der Waals surface area contributed by atoms with Gasteiger partial charge >= 0.3 is 12.3 Å². The number of halogens is 4. The molecular weight excluding hydrogens is 285 g/mol. The zero-order chi connectivity index (χ0) is 14.2. The van der Waals surface area contributed by atoms with Crippen LogP contribution in [0.1, 0.15) is 24.3 Å². The normalized spacial score (nSPS) is 17.1. The smallest absolute Gasteiger partial charge is 0.481 e. The lowest BCUT2D eigenvalue weighted by Crippen LogP contribution is -2.18. The van der Waals surface area contributed by atoms with Crippen LogP contribution >= 0.6 is 11.6 Å². The molecule has 7 heteroatoms. The van der Waals surface area contributed by atoms with Gasteiger partial charge in [0, 0.05) is 0 Å². The van der Waals surface area contributed by atoms with E-state index in [1.54, 1.807) is 0 Å². The summed E-state index contributed by atoms with van der Waals surface area (Å²) >= 11 is 5.69. The van der Waals surface area contributed by atoms with Crippen molar-refractivity contribution in [2.45, 2.75) is 25.1 Å². The molecule has 1 aromatic rings. The second-order valence-corrected chi connectivity index (χ2v) is 4.80. The molecule has 1 N–H and O–H groups in total. The highest BCUT2D eigenvalue weighted by Crippen LogP contribution is 2.44. The first-order chi connectivity index (χ1) is 8.78. The average Bonchev–Trinajstić information content (AvgIpc) is 3.04. The average molecular weight is 295 g/mol. The number of hydrogen-bond acceptors (Lipinski definition) is 2. The molecule has 1 aromatic carbocycles. The zero-order valence-corrected chi connectivity index (χ0v) is 10.3. The molecule has 0 aromatic heterocycles. The number of rotatable bonds is 4. The van der Waals surface area contributed by atoms with Gasteiger partial charge in [-0.05, 0) is 36.5 Å². The van der Waals surface area contributed by atoms with Crippen molar-refractivity contribution in [3.05, 3.63) is 28.8 Å². The highest BCUT2D eigenvalue weighted by molar-refractivity contribution is 6.32. The maximum atomic E-state index is 12.1. The number of ether oxygens (including phenoxy) is 1. The van der Waals surface area contributed by atoms with E-state index in [0.29, 0.717) is 5.56 Å². The minimum Gasteiger partial charge on any atom is -0.481 e. The summed E-state index contributed by atoms with van der Waals surface area (Å²) in [6.45, 7) is 0. The van der Waals surface area contributed by atoms with E-state index in [0.717, 1.165) is 18.9 Å². The van der Waals surface area contributed by atoms with Gasteiger partial charge < -0.3 is 9.84 Å². The van der Waals surface area contributed by atoms with Crippen molar-refractivity contribution in [1.29, 1.82) is 0 Å². The fraction of sp³-hybridized carbons (Fsp3) is 0.417. The Kier molecular flexibility index (Phi) is 3.62. The van der Waals surface area contributed by atoms with E-state index in [9.17, 15) is 18.0 Å². The summed E-state index contributed by atoms with van der Waals surface area (Å²) in [7, 11) is 0. The summed E-state index contributed by atoms with van der Waals surface area (Å²) in [5.74, 6) is -2.22. The standard InChI is InChI=1S/C12H10ClF3O3/c13-8-5-7(10(11(17)18)6-1-2-6)3-4-9(8)19-12(14,15)16/h3-6,10H,1-2H2,(H,17,18). The maximum absolute atomic E-state index is 12.1. The van der Waals surface area contributed by atoms with Crippen LogP contribution in [-0.4, -0.2) is 17.4 Å². The highest BCUT2D eigenvalue weighted by atomic mass is 35.5. The van der Waals surface area contributed by atoms with E-state index < -0.39 is 24.0 Å². The molecule has 1 atom stereocenters. The predicted octanol–water partition coefficient (Wildman–Crippen LogP) is 3.82. The SMILES string of the molecule is O=C(O)C(c1ccc(OC(F)(F)F)c(Cl)c1)C1CC1. The Bertz CT molecular complexity index is 497. The number of carboxylic acid groups (broad SMARTS) is 1. The summed E-state index contributed by atoms with van der Waals surface area (Å²) < 4.78 is 39.9. The van der Waals surface area contributed by atoms with Gasteiger partial charge in [0.2, 0.25) is 0 Å². The minimum absolute atomic E-state index is 0.0305. The molecule has 0 radical (unpaired) electrons. The van der Waals surface area contributed by atoms with Crippen LogP contribution in [0.15, 0.2) is 18.2 Å². The first kappa shape index (κ1) is 14.0. The summed E-state index contributed by atoms with van der Waals surface area (Å²) in [4.78, 5) is 11.2. The Morgan fingerprint density at radius 2 is 2.05 bits per heavy atom. The summed E-state index contributed by atoms with van der Waals surface area (Å²) in [5.41, 5.74) is 0.398. The molecule has 0 amide bonds. The van der Waals surface area contributed by atoms with Crippen LogP contribution in [0, 0.1) is 5.92 Å². The number of alkyl halides is 3. The summed E-state index contributed by atoms with van der Waals surface area (Å²) in [6.07, 6.45) is -3.22. The first-order valence-corrected chi connectivity index (χ1v) is 5.94. The zero-order valence-electron chi connectivity index (χ0n) is 9.58. The minimum atomic E-state index is -4.83. The molecule has 0 spiro atoms. The van der Waals surface area contributed by atoms with Crippen molar-refractivity contribution in [1.82, 2.24) is 0 Å². The van der Waals surface area contributed by atoms with Crippen LogP contribution in [0.2, 0.25) is 5.02 Å². The summed E-state index contributed by atoms with van der Waals surface area (Å²) in [5, 5.41) is 8.88. The molecule has 1 fully saturated rings. The molecular formula is C12H10ClF3O3. The number of carbonyl (C=O) groups is 1. The second kappa shape index (κ2) is 4.92. The Morgan fingerprint density at radius 3 is 2.47 bits per heavy atom. The number of hydrogen-bond donors (Lipinski definition) is 1. The van der Waals surface area contributed by atoms with Gasteiger partial charge in [-0.15, -0.1) is 13.2 Å². The molecule has 3 nitrogen and oxygen atoms in total. The van der Waals surface area contributed by atoms with Crippen molar-refractivity contribution < 1.29 is 27.8 Å². The van der Waals surface area contributed by atoms with E-state index in [1.807, 2.05) is 0 Å². The van der Waals surface area contributed by atoms with Crippen molar-refractivity contribution in [2.24, 2.45) is 5.92 Å². The Morgan fingerprint density at radius 1 is 1.42 bits per heavy atom. The fourth-order valence-corrected chi connectivity index (χ4v) is 2.19. The van der Waals surface area contributed by atoms with Gasteiger partial charge in [0.25, 0.3) is 0 Å². The van der Waals surface area contributed by atoms with Gasteiger partial charge in [-0.2, -0.15) is 0 Å². The Labute approximate surface area is 111 Å². The second-order valence-electron chi connectivity index (χ2n) is 4.39. The largest absolute Gasteiger partial charge is 0.573 e. The molecule has 19 heavy (non-hydrogen) atoms. The summed E-state index contributed by atoms with van der Waals surface area (Å²) in [6, 6.07) is 3.58. The number of benzene rings is 1.